The van der Waals surface area contributed by atoms with E-state index in [1.54, 1.807) is 30.7 Å². The van der Waals surface area contributed by atoms with E-state index < -0.39 is 0 Å². The van der Waals surface area contributed by atoms with E-state index >= 15 is 0 Å². The zero-order valence-electron chi connectivity index (χ0n) is 27.5. The van der Waals surface area contributed by atoms with Gasteiger partial charge in [-0.3, -0.25) is 14.6 Å². The molecule has 0 bridgehead atoms. The van der Waals surface area contributed by atoms with Crippen molar-refractivity contribution >= 4 is 18.0 Å². The van der Waals surface area contributed by atoms with Gasteiger partial charge in [0, 0.05) is 37.1 Å². The summed E-state index contributed by atoms with van der Waals surface area (Å²) in [6.07, 6.45) is 14.2. The lowest BCUT2D eigenvalue weighted by Gasteiger charge is -2.42. The summed E-state index contributed by atoms with van der Waals surface area (Å²) in [7, 11) is 0. The number of oxazole rings is 1. The predicted molar refractivity (Wildman–Crippen MR) is 179 cm³/mol. The van der Waals surface area contributed by atoms with E-state index in [9.17, 15) is 5.26 Å². The van der Waals surface area contributed by atoms with Crippen molar-refractivity contribution in [2.24, 2.45) is 10.7 Å². The molecule has 14 nitrogen and oxygen atoms in total. The average molecular weight is 655 g/mol. The second-order valence-corrected chi connectivity index (χ2v) is 12.4. The number of ether oxygens (including phenoxy) is 3. The van der Waals surface area contributed by atoms with E-state index in [4.69, 9.17) is 29.5 Å². The maximum atomic E-state index is 9.58. The molecule has 1 saturated carbocycles. The van der Waals surface area contributed by atoms with E-state index in [-0.39, 0.29) is 31.0 Å². The van der Waals surface area contributed by atoms with Crippen LogP contribution in [0.4, 0.5) is 11.6 Å². The number of nitriles is 1. The molecule has 3 aromatic heterocycles. The highest BCUT2D eigenvalue weighted by atomic mass is 16.5. The summed E-state index contributed by atoms with van der Waals surface area (Å²) in [5.41, 5.74) is 8.01. The highest BCUT2D eigenvalue weighted by Crippen LogP contribution is 2.36. The van der Waals surface area contributed by atoms with E-state index in [0.717, 1.165) is 49.9 Å². The van der Waals surface area contributed by atoms with Crippen molar-refractivity contribution in [3.8, 4) is 28.8 Å². The number of aromatic nitrogens is 5. The fourth-order valence-corrected chi connectivity index (χ4v) is 6.43. The van der Waals surface area contributed by atoms with Gasteiger partial charge >= 0.3 is 0 Å². The van der Waals surface area contributed by atoms with Gasteiger partial charge in [0.2, 0.25) is 11.8 Å². The van der Waals surface area contributed by atoms with Gasteiger partial charge in [0.15, 0.2) is 6.61 Å². The Bertz CT molecular complexity index is 1680. The van der Waals surface area contributed by atoms with E-state index in [0.29, 0.717) is 47.3 Å². The number of nitrogens with two attached hydrogens (primary N) is 1. The standard InChI is InChI=1S/C34H42N10O4/c1-22(14-37-21-36)48-31-12-25(4-5-26(31)13-35)27-15-39-34(40-16-27)41-30-19-44(42-33(30)46-20-32-38-10-11-45-32)29-8-6-28(7-9-29)43-17-23(2)47-24(3)18-43/h4-5,10-12,15-16,19,21-24,28-29H,6-9,14,17-18,20H2,1-3H3,(H2,36,37)(H,39,40,41)/t22-,23-,24+,28?,29?/m0/s1. The predicted octanol–water partition coefficient (Wildman–Crippen LogP) is 4.87. The Hall–Kier alpha value is -5.00. The number of benzene rings is 1. The zero-order valence-corrected chi connectivity index (χ0v) is 27.5. The molecule has 2 aliphatic rings. The summed E-state index contributed by atoms with van der Waals surface area (Å²) in [6, 6.07) is 8.35. The molecule has 0 unspecified atom stereocenters. The molecule has 1 saturated heterocycles. The third-order valence-corrected chi connectivity index (χ3v) is 8.65. The molecular weight excluding hydrogens is 612 g/mol. The lowest BCUT2D eigenvalue weighted by molar-refractivity contribution is -0.0852. The van der Waals surface area contributed by atoms with Crippen molar-refractivity contribution in [1.82, 2.24) is 29.6 Å². The Kier molecular flexibility index (Phi) is 10.5. The van der Waals surface area contributed by atoms with E-state index in [1.165, 1.54) is 12.6 Å². The van der Waals surface area contributed by atoms with Crippen LogP contribution in [0, 0.1) is 11.3 Å². The number of nitrogens with one attached hydrogen (secondary N) is 1. The molecule has 48 heavy (non-hydrogen) atoms. The number of rotatable bonds is 12. The van der Waals surface area contributed by atoms with Crippen molar-refractivity contribution in [3.05, 3.63) is 60.7 Å². The van der Waals surface area contributed by atoms with Crippen LogP contribution in [0.2, 0.25) is 0 Å². The maximum Gasteiger partial charge on any atom is 0.257 e. The molecule has 4 aromatic rings. The van der Waals surface area contributed by atoms with Gasteiger partial charge in [-0.15, -0.1) is 5.10 Å². The topological polar surface area (TPSA) is 175 Å². The molecule has 4 heterocycles. The van der Waals surface area contributed by atoms with Crippen molar-refractivity contribution in [1.29, 1.82) is 5.26 Å². The highest BCUT2D eigenvalue weighted by Gasteiger charge is 2.32. The molecule has 1 aromatic carbocycles. The Balaban J connectivity index is 1.15. The Morgan fingerprint density at radius 3 is 2.54 bits per heavy atom. The number of morpholine rings is 1. The first-order valence-electron chi connectivity index (χ1n) is 16.4. The van der Waals surface area contributed by atoms with Gasteiger partial charge in [0.25, 0.3) is 5.88 Å². The summed E-state index contributed by atoms with van der Waals surface area (Å²) < 4.78 is 25.4. The van der Waals surface area contributed by atoms with Crippen LogP contribution in [-0.4, -0.2) is 80.0 Å². The molecule has 252 valence electrons. The first-order valence-corrected chi connectivity index (χ1v) is 16.4. The van der Waals surface area contributed by atoms with E-state index in [2.05, 4.69) is 50.1 Å². The van der Waals surface area contributed by atoms with Crippen LogP contribution < -0.4 is 20.5 Å². The first kappa shape index (κ1) is 32.9. The Labute approximate surface area is 279 Å². The largest absolute Gasteiger partial charge is 0.487 e. The molecule has 1 aliphatic carbocycles. The summed E-state index contributed by atoms with van der Waals surface area (Å²) in [5.74, 6) is 1.72. The third kappa shape index (κ3) is 8.10. The SMILES string of the molecule is C[C@@H]1CN(C2CCC(n3cc(Nc4ncc(-c5ccc(C#N)c(O[C@@H](C)CN=CN)c5)cn4)c(OCc4ncco4)n3)CC2)C[C@H](C)O1. The smallest absolute Gasteiger partial charge is 0.257 e. The molecule has 6 rings (SSSR count). The van der Waals surface area contributed by atoms with Crippen LogP contribution in [0.1, 0.15) is 64.0 Å². The number of nitrogens with zero attached hydrogens (tertiary/aromatic N) is 8. The van der Waals surface area contributed by atoms with Gasteiger partial charge in [0.1, 0.15) is 29.9 Å². The van der Waals surface area contributed by atoms with Crippen molar-refractivity contribution in [3.63, 3.8) is 0 Å². The van der Waals surface area contributed by atoms with Crippen LogP contribution in [0.5, 0.6) is 11.6 Å². The fraction of sp³-hybridized carbons (Fsp3) is 0.471. The number of hydrogen-bond acceptors (Lipinski definition) is 12. The Morgan fingerprint density at radius 2 is 1.85 bits per heavy atom. The quantitative estimate of drug-likeness (QED) is 0.157. The summed E-state index contributed by atoms with van der Waals surface area (Å²) in [5, 5.41) is 17.7. The van der Waals surface area contributed by atoms with Crippen molar-refractivity contribution in [2.45, 2.75) is 83.5 Å². The van der Waals surface area contributed by atoms with Crippen LogP contribution in [0.3, 0.4) is 0 Å². The van der Waals surface area contributed by atoms with Gasteiger partial charge in [-0.1, -0.05) is 6.07 Å². The van der Waals surface area contributed by atoms with Crippen molar-refractivity contribution in [2.75, 3.05) is 25.0 Å². The summed E-state index contributed by atoms with van der Waals surface area (Å²) in [6.45, 7) is 8.67. The lowest BCUT2D eigenvalue weighted by Crippen LogP contribution is -2.51. The molecule has 2 fully saturated rings. The molecule has 14 heteroatoms. The molecule has 0 amide bonds. The third-order valence-electron chi connectivity index (χ3n) is 8.65. The minimum absolute atomic E-state index is 0.138. The van der Waals surface area contributed by atoms with Gasteiger partial charge < -0.3 is 29.7 Å². The second kappa shape index (κ2) is 15.3. The molecular formula is C34H42N10O4. The number of anilines is 2. The number of hydrogen-bond donors (Lipinski definition) is 2. The summed E-state index contributed by atoms with van der Waals surface area (Å²) >= 11 is 0. The molecule has 3 N–H and O–H groups in total. The van der Waals surface area contributed by atoms with Gasteiger partial charge in [-0.2, -0.15) is 5.26 Å². The summed E-state index contributed by atoms with van der Waals surface area (Å²) in [4.78, 5) is 19.9. The highest BCUT2D eigenvalue weighted by molar-refractivity contribution is 5.67. The van der Waals surface area contributed by atoms with Gasteiger partial charge in [-0.05, 0) is 64.2 Å². The minimum Gasteiger partial charge on any atom is -0.487 e. The second-order valence-electron chi connectivity index (χ2n) is 12.4. The lowest BCUT2D eigenvalue weighted by atomic mass is 9.89. The molecule has 1 aliphatic heterocycles. The van der Waals surface area contributed by atoms with Gasteiger partial charge in [-0.25, -0.2) is 15.0 Å². The normalized spacial score (nSPS) is 22.3. The van der Waals surface area contributed by atoms with Crippen LogP contribution >= 0.6 is 0 Å². The fourth-order valence-electron chi connectivity index (χ4n) is 6.43. The maximum absolute atomic E-state index is 9.58. The monoisotopic (exact) mass is 654 g/mol. The van der Waals surface area contributed by atoms with Crippen LogP contribution in [-0.2, 0) is 11.3 Å². The number of aliphatic imine (C=N–C) groups is 1. The zero-order chi connectivity index (χ0) is 33.5. The van der Waals surface area contributed by atoms with Crippen LogP contribution in [0.15, 0.2) is 58.7 Å². The molecule has 0 spiro atoms. The van der Waals surface area contributed by atoms with E-state index in [1.807, 2.05) is 23.9 Å². The molecule has 3 atom stereocenters. The average Bonchev–Trinajstić information content (AvgIpc) is 3.76. The first-order chi connectivity index (χ1) is 23.4. The van der Waals surface area contributed by atoms with Crippen molar-refractivity contribution < 1.29 is 18.6 Å². The van der Waals surface area contributed by atoms with Gasteiger partial charge in [0.05, 0.1) is 49.1 Å². The Morgan fingerprint density at radius 1 is 1.10 bits per heavy atom. The van der Waals surface area contributed by atoms with Crippen LogP contribution in [0.25, 0.3) is 11.1 Å². The molecule has 0 radical (unpaired) electrons. The minimum atomic E-state index is -0.261.